The number of aromatic nitrogens is 1. The lowest BCUT2D eigenvalue weighted by Crippen LogP contribution is -2.14. The van der Waals surface area contributed by atoms with E-state index in [4.69, 9.17) is 9.62 Å². The largest absolute Gasteiger partial charge is 0.441 e. The molecule has 138 valence electrons. The zero-order valence-corrected chi connectivity index (χ0v) is 15.0. The van der Waals surface area contributed by atoms with Crippen molar-refractivity contribution in [3.05, 3.63) is 83.9 Å². The summed E-state index contributed by atoms with van der Waals surface area (Å²) in [5, 5.41) is 8.47. The van der Waals surface area contributed by atoms with Crippen LogP contribution in [0.1, 0.15) is 29.9 Å². The summed E-state index contributed by atoms with van der Waals surface area (Å²) in [7, 11) is 0. The van der Waals surface area contributed by atoms with Crippen LogP contribution >= 0.6 is 0 Å². The summed E-state index contributed by atoms with van der Waals surface area (Å²) in [5.41, 5.74) is 4.70. The third-order valence-electron chi connectivity index (χ3n) is 4.24. The van der Waals surface area contributed by atoms with Crippen LogP contribution in [0, 0.1) is 0 Å². The van der Waals surface area contributed by atoms with E-state index < -0.39 is 5.91 Å². The van der Waals surface area contributed by atoms with Crippen LogP contribution in [0.4, 0.5) is 0 Å². The number of rotatable bonds is 8. The highest BCUT2D eigenvalue weighted by molar-refractivity contribution is 5.90. The smallest absolute Gasteiger partial charge is 0.267 e. The molecular weight excluding hydrogens is 340 g/mol. The molecule has 0 aliphatic heterocycles. The fraction of sp³-hybridized carbons (Fsp3) is 0.182. The molecule has 0 aliphatic carbocycles. The predicted molar refractivity (Wildman–Crippen MR) is 104 cm³/mol. The minimum atomic E-state index is -0.564. The van der Waals surface area contributed by atoms with E-state index in [0.717, 1.165) is 48.5 Å². The number of benzene rings is 2. The molecule has 5 heteroatoms. The van der Waals surface area contributed by atoms with Gasteiger partial charge in [0, 0.05) is 18.1 Å². The maximum absolute atomic E-state index is 11.0. The molecule has 0 atom stereocenters. The summed E-state index contributed by atoms with van der Waals surface area (Å²) < 4.78 is 5.85. The molecule has 2 aromatic carbocycles. The van der Waals surface area contributed by atoms with Crippen LogP contribution in [-0.4, -0.2) is 16.1 Å². The van der Waals surface area contributed by atoms with Gasteiger partial charge in [-0.2, -0.15) is 0 Å². The van der Waals surface area contributed by atoms with E-state index in [9.17, 15) is 4.79 Å². The van der Waals surface area contributed by atoms with Crippen molar-refractivity contribution in [2.75, 3.05) is 0 Å². The first kappa shape index (κ1) is 18.6. The molecule has 0 unspecified atom stereocenters. The van der Waals surface area contributed by atoms with Gasteiger partial charge in [0.2, 0.25) is 0 Å². The maximum Gasteiger partial charge on any atom is 0.267 e. The first-order valence-corrected chi connectivity index (χ1v) is 8.96. The minimum absolute atomic E-state index is 0.564. The van der Waals surface area contributed by atoms with Gasteiger partial charge in [-0.3, -0.25) is 10.0 Å². The van der Waals surface area contributed by atoms with Crippen molar-refractivity contribution in [3.8, 4) is 11.3 Å². The molecule has 3 rings (SSSR count). The lowest BCUT2D eigenvalue weighted by Gasteiger charge is -2.00. The lowest BCUT2D eigenvalue weighted by molar-refractivity contribution is -0.124. The van der Waals surface area contributed by atoms with Crippen molar-refractivity contribution in [2.24, 2.45) is 0 Å². The number of nitrogens with one attached hydrogen (secondary N) is 1. The Balaban J connectivity index is 1.51. The van der Waals surface area contributed by atoms with E-state index in [1.807, 2.05) is 30.3 Å². The molecule has 0 fully saturated rings. The first-order chi connectivity index (χ1) is 13.2. The minimum Gasteiger partial charge on any atom is -0.441 e. The van der Waals surface area contributed by atoms with Gasteiger partial charge in [-0.25, -0.2) is 10.5 Å². The SMILES string of the molecule is O=C(/C=C/c1ccc(-c2cnc(CCCCc3ccccc3)o2)cc1)NO. The van der Waals surface area contributed by atoms with E-state index in [-0.39, 0.29) is 0 Å². The normalized spacial score (nSPS) is 11.0. The van der Waals surface area contributed by atoms with Gasteiger partial charge in [0.15, 0.2) is 11.7 Å². The van der Waals surface area contributed by atoms with Gasteiger partial charge in [0.1, 0.15) is 0 Å². The quantitative estimate of drug-likeness (QED) is 0.269. The van der Waals surface area contributed by atoms with Gasteiger partial charge >= 0.3 is 0 Å². The number of hydroxylamine groups is 1. The maximum atomic E-state index is 11.0. The number of carbonyl (C=O) groups excluding carboxylic acids is 1. The zero-order chi connectivity index (χ0) is 18.9. The summed E-state index contributed by atoms with van der Waals surface area (Å²) >= 11 is 0. The standard InChI is InChI=1S/C22H22N2O3/c25-21(24-26)15-12-18-10-13-19(14-11-18)20-16-23-22(27-20)9-5-4-8-17-6-2-1-3-7-17/h1-3,6-7,10-16,26H,4-5,8-9H2,(H,24,25)/b15-12+. The number of nitrogens with zero attached hydrogens (tertiary/aromatic N) is 1. The molecule has 1 aromatic heterocycles. The molecule has 1 heterocycles. The zero-order valence-electron chi connectivity index (χ0n) is 15.0. The van der Waals surface area contributed by atoms with Gasteiger partial charge in [-0.05, 0) is 36.5 Å². The fourth-order valence-corrected chi connectivity index (χ4v) is 2.78. The molecule has 0 aliphatic rings. The Morgan fingerprint density at radius 2 is 1.78 bits per heavy atom. The summed E-state index contributed by atoms with van der Waals surface area (Å²) in [5.74, 6) is 0.921. The van der Waals surface area contributed by atoms with E-state index in [1.165, 1.54) is 11.6 Å². The number of hydrogen-bond donors (Lipinski definition) is 2. The van der Waals surface area contributed by atoms with Crippen LogP contribution in [0.2, 0.25) is 0 Å². The summed E-state index contributed by atoms with van der Waals surface area (Å²) in [4.78, 5) is 15.4. The number of aryl methyl sites for hydroxylation is 2. The Kier molecular flexibility index (Phi) is 6.55. The first-order valence-electron chi connectivity index (χ1n) is 8.96. The highest BCUT2D eigenvalue weighted by atomic mass is 16.5. The molecular formula is C22H22N2O3. The molecule has 0 saturated carbocycles. The van der Waals surface area contributed by atoms with Crippen LogP contribution in [0.25, 0.3) is 17.4 Å². The van der Waals surface area contributed by atoms with Crippen molar-refractivity contribution in [1.29, 1.82) is 0 Å². The van der Waals surface area contributed by atoms with Crippen molar-refractivity contribution in [3.63, 3.8) is 0 Å². The highest BCUT2D eigenvalue weighted by Gasteiger charge is 2.06. The molecule has 0 bridgehead atoms. The Bertz CT molecular complexity index is 883. The molecule has 3 aromatic rings. The molecule has 2 N–H and O–H groups in total. The average Bonchev–Trinajstić information content (AvgIpc) is 3.19. The number of hydrogen-bond acceptors (Lipinski definition) is 4. The summed E-state index contributed by atoms with van der Waals surface area (Å²) in [6.07, 6.45) is 8.65. The Morgan fingerprint density at radius 1 is 1.04 bits per heavy atom. The van der Waals surface area contributed by atoms with Gasteiger partial charge in [-0.15, -0.1) is 0 Å². The molecule has 0 saturated heterocycles. The third-order valence-corrected chi connectivity index (χ3v) is 4.24. The molecule has 0 radical (unpaired) electrons. The van der Waals surface area contributed by atoms with E-state index in [0.29, 0.717) is 0 Å². The van der Waals surface area contributed by atoms with Crippen molar-refractivity contribution < 1.29 is 14.4 Å². The number of amides is 1. The van der Waals surface area contributed by atoms with Crippen LogP contribution in [-0.2, 0) is 17.6 Å². The average molecular weight is 362 g/mol. The van der Waals surface area contributed by atoms with Gasteiger partial charge in [0.05, 0.1) is 6.20 Å². The van der Waals surface area contributed by atoms with Crippen molar-refractivity contribution in [2.45, 2.75) is 25.7 Å². The summed E-state index contributed by atoms with van der Waals surface area (Å²) in [6, 6.07) is 18.0. The van der Waals surface area contributed by atoms with Crippen LogP contribution in [0.5, 0.6) is 0 Å². The number of carbonyl (C=O) groups is 1. The molecule has 0 spiro atoms. The van der Waals surface area contributed by atoms with Crippen LogP contribution in [0.15, 0.2) is 71.3 Å². The Labute approximate surface area is 158 Å². The van der Waals surface area contributed by atoms with Crippen molar-refractivity contribution in [1.82, 2.24) is 10.5 Å². The van der Waals surface area contributed by atoms with Crippen LogP contribution in [0.3, 0.4) is 0 Å². The number of oxazole rings is 1. The second-order valence-electron chi connectivity index (χ2n) is 6.24. The molecule has 27 heavy (non-hydrogen) atoms. The van der Waals surface area contributed by atoms with E-state index in [2.05, 4.69) is 29.2 Å². The van der Waals surface area contributed by atoms with Gasteiger partial charge in [-0.1, -0.05) is 54.6 Å². The molecule has 1 amide bonds. The second kappa shape index (κ2) is 9.50. The van der Waals surface area contributed by atoms with Gasteiger partial charge < -0.3 is 4.42 Å². The van der Waals surface area contributed by atoms with Gasteiger partial charge in [0.25, 0.3) is 5.91 Å². The van der Waals surface area contributed by atoms with E-state index in [1.54, 1.807) is 17.8 Å². The lowest BCUT2D eigenvalue weighted by atomic mass is 10.1. The third kappa shape index (κ3) is 5.66. The fourth-order valence-electron chi connectivity index (χ4n) is 2.78. The number of unbranched alkanes of at least 4 members (excludes halogenated alkanes) is 1. The van der Waals surface area contributed by atoms with Crippen molar-refractivity contribution >= 4 is 12.0 Å². The van der Waals surface area contributed by atoms with E-state index >= 15 is 0 Å². The topological polar surface area (TPSA) is 75.4 Å². The monoisotopic (exact) mass is 362 g/mol. The summed E-state index contributed by atoms with van der Waals surface area (Å²) in [6.45, 7) is 0. The second-order valence-corrected chi connectivity index (χ2v) is 6.24. The van der Waals surface area contributed by atoms with Crippen LogP contribution < -0.4 is 5.48 Å². The highest BCUT2D eigenvalue weighted by Crippen LogP contribution is 2.22. The predicted octanol–water partition coefficient (Wildman–Crippen LogP) is 4.43. The molecule has 5 nitrogen and oxygen atoms in total. The Morgan fingerprint density at radius 3 is 2.52 bits per heavy atom. The Hall–Kier alpha value is -3.18.